The average molecular weight is 468 g/mol. The largest absolute Gasteiger partial charge is 0.486 e. The molecule has 0 bridgehead atoms. The summed E-state index contributed by atoms with van der Waals surface area (Å²) in [7, 11) is 0. The van der Waals surface area contributed by atoms with Gasteiger partial charge in [-0.1, -0.05) is 67.3 Å². The smallest absolute Gasteiger partial charge is 0.260 e. The van der Waals surface area contributed by atoms with Crippen LogP contribution >= 0.6 is 0 Å². The van der Waals surface area contributed by atoms with Crippen molar-refractivity contribution < 1.29 is 19.0 Å². The highest BCUT2D eigenvalue weighted by molar-refractivity contribution is 5.78. The molecule has 0 radical (unpaired) electrons. The van der Waals surface area contributed by atoms with Crippen molar-refractivity contribution in [2.24, 2.45) is 0 Å². The molecule has 3 aromatic rings. The zero-order valence-electron chi connectivity index (χ0n) is 19.7. The Morgan fingerprint density at radius 3 is 2.40 bits per heavy atom. The van der Waals surface area contributed by atoms with Crippen molar-refractivity contribution in [2.75, 3.05) is 26.3 Å². The first-order chi connectivity index (χ1) is 17.2. The lowest BCUT2D eigenvalue weighted by Gasteiger charge is -2.42. The van der Waals surface area contributed by atoms with Crippen LogP contribution in [0.15, 0.2) is 91.5 Å². The number of para-hydroxylation sites is 2. The number of hydrogen-bond donors (Lipinski definition) is 0. The van der Waals surface area contributed by atoms with Gasteiger partial charge in [-0.3, -0.25) is 4.79 Å². The summed E-state index contributed by atoms with van der Waals surface area (Å²) >= 11 is 0. The van der Waals surface area contributed by atoms with E-state index in [0.29, 0.717) is 31.2 Å². The van der Waals surface area contributed by atoms with Gasteiger partial charge in [-0.05, 0) is 41.5 Å². The van der Waals surface area contributed by atoms with E-state index in [2.05, 4.69) is 49.1 Å². The van der Waals surface area contributed by atoms with Gasteiger partial charge < -0.3 is 19.1 Å². The van der Waals surface area contributed by atoms with Gasteiger partial charge >= 0.3 is 0 Å². The van der Waals surface area contributed by atoms with Crippen LogP contribution in [0.5, 0.6) is 17.2 Å². The number of likely N-dealkylation sites (tertiary alicyclic amines) is 1. The van der Waals surface area contributed by atoms with E-state index < -0.39 is 0 Å². The number of carbonyl (C=O) groups excluding carboxylic acids is 1. The Morgan fingerprint density at radius 2 is 1.66 bits per heavy atom. The van der Waals surface area contributed by atoms with E-state index in [0.717, 1.165) is 24.2 Å². The summed E-state index contributed by atoms with van der Waals surface area (Å²) in [5.41, 5.74) is 3.07. The average Bonchev–Trinajstić information content (AvgIpc) is 2.91. The molecule has 1 fully saturated rings. The van der Waals surface area contributed by atoms with E-state index in [-0.39, 0.29) is 18.1 Å². The van der Waals surface area contributed by atoms with Gasteiger partial charge in [0.1, 0.15) is 18.0 Å². The summed E-state index contributed by atoms with van der Waals surface area (Å²) in [4.78, 5) is 14.7. The van der Waals surface area contributed by atoms with E-state index in [4.69, 9.17) is 14.2 Å². The maximum atomic E-state index is 12.8. The van der Waals surface area contributed by atoms with Gasteiger partial charge in [-0.2, -0.15) is 0 Å². The molecule has 2 aliphatic rings. The minimum Gasteiger partial charge on any atom is -0.486 e. The topological polar surface area (TPSA) is 48.0 Å². The number of amides is 1. The summed E-state index contributed by atoms with van der Waals surface area (Å²) in [6.07, 6.45) is 7.48. The van der Waals surface area contributed by atoms with E-state index in [1.165, 1.54) is 11.1 Å². The Kier molecular flexibility index (Phi) is 6.57. The molecular weight excluding hydrogens is 438 g/mol. The van der Waals surface area contributed by atoms with Crippen LogP contribution < -0.4 is 14.2 Å². The molecule has 1 spiro atoms. The Balaban J connectivity index is 1.18. The third-order valence-electron chi connectivity index (χ3n) is 6.52. The van der Waals surface area contributed by atoms with E-state index >= 15 is 0 Å². The maximum Gasteiger partial charge on any atom is 0.260 e. The predicted molar refractivity (Wildman–Crippen MR) is 138 cm³/mol. The van der Waals surface area contributed by atoms with Gasteiger partial charge in [0.25, 0.3) is 5.91 Å². The molecule has 178 valence electrons. The summed E-state index contributed by atoms with van der Waals surface area (Å²) < 4.78 is 17.9. The minimum absolute atomic E-state index is 0.0245. The molecule has 5 heteroatoms. The van der Waals surface area contributed by atoms with Crippen LogP contribution in [0.1, 0.15) is 18.4 Å². The first-order valence-corrected chi connectivity index (χ1v) is 12.0. The molecule has 5 nitrogen and oxygen atoms in total. The SMILES string of the molecule is C=CCOc1ccccc1OCC(=O)N1CCC2(C=Cc3cc(-c4ccccc4)ccc3O2)CC1. The van der Waals surface area contributed by atoms with Crippen molar-refractivity contribution in [3.63, 3.8) is 0 Å². The number of benzene rings is 3. The highest BCUT2D eigenvalue weighted by Crippen LogP contribution is 2.39. The molecule has 3 aromatic carbocycles. The van der Waals surface area contributed by atoms with E-state index in [1.54, 1.807) is 12.1 Å². The fourth-order valence-corrected chi connectivity index (χ4v) is 4.55. The van der Waals surface area contributed by atoms with Crippen LogP contribution in [0, 0.1) is 0 Å². The molecular formula is C30H29NO4. The molecule has 1 saturated heterocycles. The molecule has 0 N–H and O–H groups in total. The minimum atomic E-state index is -0.371. The summed E-state index contributed by atoms with van der Waals surface area (Å²) in [5, 5.41) is 0. The Labute approximate surface area is 206 Å². The van der Waals surface area contributed by atoms with Crippen LogP contribution in [-0.4, -0.2) is 42.7 Å². The van der Waals surface area contributed by atoms with Crippen molar-refractivity contribution >= 4 is 12.0 Å². The van der Waals surface area contributed by atoms with Gasteiger partial charge in [0.15, 0.2) is 18.1 Å². The fourth-order valence-electron chi connectivity index (χ4n) is 4.55. The Hall–Kier alpha value is -3.99. The lowest BCUT2D eigenvalue weighted by Crippen LogP contribution is -2.50. The third-order valence-corrected chi connectivity index (χ3v) is 6.52. The Bertz CT molecular complexity index is 1230. The molecule has 2 aliphatic heterocycles. The zero-order chi connectivity index (χ0) is 24.1. The van der Waals surface area contributed by atoms with Crippen LogP contribution in [-0.2, 0) is 4.79 Å². The molecule has 0 unspecified atom stereocenters. The summed E-state index contributed by atoms with van der Waals surface area (Å²) in [5.74, 6) is 2.02. The number of piperidine rings is 1. The number of fused-ring (bicyclic) bond motifs is 1. The normalized spacial score (nSPS) is 15.7. The Morgan fingerprint density at radius 1 is 0.943 bits per heavy atom. The quantitative estimate of drug-likeness (QED) is 0.414. The molecule has 0 atom stereocenters. The predicted octanol–water partition coefficient (Wildman–Crippen LogP) is 5.76. The second-order valence-corrected chi connectivity index (χ2v) is 8.83. The van der Waals surface area contributed by atoms with Crippen molar-refractivity contribution in [1.29, 1.82) is 0 Å². The lowest BCUT2D eigenvalue weighted by molar-refractivity contribution is -0.136. The fraction of sp³-hybridized carbons (Fsp3) is 0.233. The molecule has 0 aromatic heterocycles. The van der Waals surface area contributed by atoms with Gasteiger partial charge in [0.2, 0.25) is 0 Å². The van der Waals surface area contributed by atoms with Crippen LogP contribution in [0.25, 0.3) is 17.2 Å². The third kappa shape index (κ3) is 5.09. The van der Waals surface area contributed by atoms with Crippen LogP contribution in [0.2, 0.25) is 0 Å². The summed E-state index contributed by atoms with van der Waals surface area (Å²) in [6.45, 7) is 5.27. The highest BCUT2D eigenvalue weighted by atomic mass is 16.5. The highest BCUT2D eigenvalue weighted by Gasteiger charge is 2.38. The molecule has 2 heterocycles. The number of hydrogen-bond acceptors (Lipinski definition) is 4. The first-order valence-electron chi connectivity index (χ1n) is 12.0. The summed E-state index contributed by atoms with van der Waals surface area (Å²) in [6, 6.07) is 24.0. The molecule has 5 rings (SSSR count). The van der Waals surface area contributed by atoms with Crippen molar-refractivity contribution in [1.82, 2.24) is 4.90 Å². The second kappa shape index (κ2) is 10.1. The zero-order valence-corrected chi connectivity index (χ0v) is 19.7. The number of rotatable bonds is 7. The van der Waals surface area contributed by atoms with Crippen LogP contribution in [0.3, 0.4) is 0 Å². The van der Waals surface area contributed by atoms with Gasteiger partial charge in [-0.25, -0.2) is 0 Å². The molecule has 0 saturated carbocycles. The molecule has 35 heavy (non-hydrogen) atoms. The monoisotopic (exact) mass is 467 g/mol. The van der Waals surface area contributed by atoms with Crippen molar-refractivity contribution in [2.45, 2.75) is 18.4 Å². The number of carbonyl (C=O) groups is 1. The number of ether oxygens (including phenoxy) is 3. The van der Waals surface area contributed by atoms with Gasteiger partial charge in [0.05, 0.1) is 0 Å². The second-order valence-electron chi connectivity index (χ2n) is 8.83. The maximum absolute atomic E-state index is 12.8. The molecule has 1 amide bonds. The van der Waals surface area contributed by atoms with Gasteiger partial charge in [-0.15, -0.1) is 0 Å². The van der Waals surface area contributed by atoms with E-state index in [1.807, 2.05) is 41.3 Å². The first kappa shape index (κ1) is 22.8. The molecule has 0 aliphatic carbocycles. The van der Waals surface area contributed by atoms with Crippen LogP contribution in [0.4, 0.5) is 0 Å². The standard InChI is InChI=1S/C30H29NO4/c1-2-20-33-27-10-6-7-11-28(27)34-22-29(32)31-18-16-30(17-19-31)15-14-25-21-24(12-13-26(25)35-30)23-8-4-3-5-9-23/h2-15,21H,1,16-20,22H2. The van der Waals surface area contributed by atoms with Crippen molar-refractivity contribution in [3.05, 3.63) is 97.1 Å². The van der Waals surface area contributed by atoms with Gasteiger partial charge in [0, 0.05) is 31.5 Å². The number of nitrogens with zero attached hydrogens (tertiary/aromatic N) is 1. The van der Waals surface area contributed by atoms with Crippen molar-refractivity contribution in [3.8, 4) is 28.4 Å². The van der Waals surface area contributed by atoms with E-state index in [9.17, 15) is 4.79 Å². The lowest BCUT2D eigenvalue weighted by atomic mass is 9.87.